The lowest BCUT2D eigenvalue weighted by molar-refractivity contribution is -0.252. The first-order chi connectivity index (χ1) is 28.2. The molecular weight excluding hydrogens is 741 g/mol. The first-order valence-corrected chi connectivity index (χ1v) is 22.7. The van der Waals surface area contributed by atoms with Crippen LogP contribution in [-0.4, -0.2) is 45.6 Å². The molecule has 0 bridgehead atoms. The zero-order valence-corrected chi connectivity index (χ0v) is 36.0. The number of allylic oxidation sites excluding steroid dienone is 2. The van der Waals surface area contributed by atoms with Gasteiger partial charge in [-0.2, -0.15) is 0 Å². The Labute approximate surface area is 350 Å². The number of nitrogens with zero attached hydrogens (tertiary/aromatic N) is 3. The molecule has 0 spiro atoms. The van der Waals surface area contributed by atoms with Crippen molar-refractivity contribution in [2.24, 2.45) is 56.7 Å². The third-order valence-electron chi connectivity index (χ3n) is 18.3. The third-order valence-corrected chi connectivity index (χ3v) is 18.3. The number of ether oxygens (including phenoxy) is 3. The van der Waals surface area contributed by atoms with Gasteiger partial charge >= 0.3 is 17.5 Å². The molecule has 1 saturated heterocycles. The monoisotopic (exact) mass is 806 g/mol. The molecule has 3 heterocycles. The van der Waals surface area contributed by atoms with Crippen molar-refractivity contribution in [2.45, 2.75) is 143 Å². The Morgan fingerprint density at radius 1 is 0.932 bits per heavy atom. The second kappa shape index (κ2) is 14.7. The van der Waals surface area contributed by atoms with Crippen LogP contribution in [0.2, 0.25) is 0 Å². The summed E-state index contributed by atoms with van der Waals surface area (Å²) in [6, 6.07) is 8.83. The Bertz CT molecular complexity index is 2160. The fourth-order valence-electron chi connectivity index (χ4n) is 15.2. The lowest BCUT2D eigenvalue weighted by Crippen LogP contribution is -2.67. The first-order valence-electron chi connectivity index (χ1n) is 22.7. The highest BCUT2D eigenvalue weighted by atomic mass is 16.7. The Hall–Kier alpha value is -3.81. The van der Waals surface area contributed by atoms with Gasteiger partial charge in [-0.3, -0.25) is 5.32 Å². The van der Waals surface area contributed by atoms with Gasteiger partial charge in [0.1, 0.15) is 12.3 Å². The van der Waals surface area contributed by atoms with E-state index in [2.05, 4.69) is 52.4 Å². The van der Waals surface area contributed by atoms with E-state index < -0.39 is 35.2 Å². The molecule has 5 saturated carbocycles. The Morgan fingerprint density at radius 2 is 1.73 bits per heavy atom. The number of carbonyl (C=O) groups excluding carboxylic acids is 1. The molecule has 10 nitrogen and oxygen atoms in total. The lowest BCUT2D eigenvalue weighted by atomic mass is 9.32. The number of hydrogen-bond acceptors (Lipinski definition) is 6. The number of benzene rings is 1. The molecule has 1 aromatic carbocycles. The van der Waals surface area contributed by atoms with Crippen molar-refractivity contribution in [3.05, 3.63) is 75.6 Å². The molecule has 2 aromatic rings. The van der Waals surface area contributed by atoms with Crippen LogP contribution in [0.3, 0.4) is 0 Å². The summed E-state index contributed by atoms with van der Waals surface area (Å²) in [5.41, 5.74) is 0.666. The van der Waals surface area contributed by atoms with Crippen LogP contribution in [0.1, 0.15) is 124 Å². The van der Waals surface area contributed by atoms with Crippen molar-refractivity contribution in [1.82, 2.24) is 19.2 Å². The van der Waals surface area contributed by atoms with Gasteiger partial charge in [-0.05, 0) is 167 Å². The van der Waals surface area contributed by atoms with E-state index in [1.165, 1.54) is 59.9 Å². The number of nitrogens with one attached hydrogen (secondary N) is 1. The molecule has 7 unspecified atom stereocenters. The zero-order valence-electron chi connectivity index (χ0n) is 36.0. The molecule has 1 aromatic heterocycles. The van der Waals surface area contributed by atoms with Crippen LogP contribution in [0.15, 0.2) is 64.2 Å². The number of carbonyl (C=O) groups is 1. The predicted octanol–water partition coefficient (Wildman–Crippen LogP) is 8.78. The molecule has 5 aliphatic carbocycles. The molecule has 2 aliphatic heterocycles. The van der Waals surface area contributed by atoms with E-state index in [-0.39, 0.29) is 40.4 Å². The number of alkyl carbamates (subject to hydrolysis) is 1. The molecule has 9 rings (SSSR count). The second-order valence-electron chi connectivity index (χ2n) is 20.7. The fraction of sp³-hybridized carbons (Fsp3) is 0.694. The highest BCUT2D eigenvalue weighted by Gasteiger charge is 2.71. The maximum Gasteiger partial charge on any atom is 0.409 e. The predicted molar refractivity (Wildman–Crippen MR) is 228 cm³/mol. The molecule has 59 heavy (non-hydrogen) atoms. The largest absolute Gasteiger partial charge is 0.445 e. The summed E-state index contributed by atoms with van der Waals surface area (Å²) in [5.74, 6) is 5.64. The van der Waals surface area contributed by atoms with Crippen molar-refractivity contribution < 1.29 is 19.0 Å². The van der Waals surface area contributed by atoms with Crippen LogP contribution in [-0.2, 0) is 20.8 Å². The Morgan fingerprint density at radius 3 is 2.46 bits per heavy atom. The zero-order chi connectivity index (χ0) is 41.5. The van der Waals surface area contributed by atoms with Gasteiger partial charge in [0.15, 0.2) is 6.29 Å². The molecule has 318 valence electrons. The molecule has 0 radical (unpaired) electrons. The van der Waals surface area contributed by atoms with E-state index >= 15 is 0 Å². The van der Waals surface area contributed by atoms with Crippen molar-refractivity contribution in [3.63, 3.8) is 0 Å². The SMILES string of the molecule is C#C[C@]1(C)C(OC(=O)NC2C=CCn3c(=O)n(-c4ccccc4)c(=O)n32)CC[C@@]2(C)C1CC[C@]1(C)C2CCC2C3[C@H](C(=C)C)CC[C@]3(COC3CCCCO3)CC[C@]21C. The summed E-state index contributed by atoms with van der Waals surface area (Å²) in [7, 11) is 0. The van der Waals surface area contributed by atoms with E-state index in [1.54, 1.807) is 36.4 Å². The van der Waals surface area contributed by atoms with Crippen LogP contribution < -0.4 is 16.7 Å². The molecular formula is C49H66N4O6. The number of aromatic nitrogens is 3. The summed E-state index contributed by atoms with van der Waals surface area (Å²) < 4.78 is 22.9. The number of fused-ring (bicyclic) bond motifs is 8. The van der Waals surface area contributed by atoms with Crippen molar-refractivity contribution >= 4 is 6.09 Å². The van der Waals surface area contributed by atoms with Crippen LogP contribution in [0, 0.1) is 69.0 Å². The van der Waals surface area contributed by atoms with Gasteiger partial charge in [0.2, 0.25) is 0 Å². The van der Waals surface area contributed by atoms with Crippen molar-refractivity contribution in [2.75, 3.05) is 13.2 Å². The van der Waals surface area contributed by atoms with Crippen LogP contribution in [0.5, 0.6) is 0 Å². The first kappa shape index (κ1) is 40.6. The Balaban J connectivity index is 0.936. The minimum atomic E-state index is -0.885. The topological polar surface area (TPSA) is 106 Å². The quantitative estimate of drug-likeness (QED) is 0.222. The minimum absolute atomic E-state index is 0.00628. The summed E-state index contributed by atoms with van der Waals surface area (Å²) in [6.45, 7) is 18.7. The average molecular weight is 807 g/mol. The molecule has 6 fully saturated rings. The van der Waals surface area contributed by atoms with Crippen molar-refractivity contribution in [3.8, 4) is 18.0 Å². The van der Waals surface area contributed by atoms with Gasteiger partial charge in [0, 0.05) is 6.61 Å². The fourth-order valence-corrected chi connectivity index (χ4v) is 15.2. The van der Waals surface area contributed by atoms with Gasteiger partial charge in [-0.1, -0.05) is 63.1 Å². The van der Waals surface area contributed by atoms with Gasteiger partial charge in [-0.15, -0.1) is 6.42 Å². The highest BCUT2D eigenvalue weighted by Crippen LogP contribution is 2.77. The van der Waals surface area contributed by atoms with E-state index in [4.69, 9.17) is 20.6 Å². The standard InChI is InChI=1S/C49H66N4O6/c1-8-45(4)36-22-25-48(7)37(20-19-35-41-34(32(2)3)21-26-49(41,28-27-47(35,48)6)31-58-40-18-12-13-30-57-40)46(36,5)24-23-38(45)59-42(54)50-39-17-14-29-51-43(55)52(44(56)53(39)51)33-15-10-9-11-16-33/h1,9-11,14-17,34-41H,2,12-13,18-31H2,3-7H3,(H,50,54)/t34-,35?,36?,37?,38?,39?,40?,41?,45-,46-,47+,48+,49+/m0/s1. The van der Waals surface area contributed by atoms with Crippen LogP contribution in [0.25, 0.3) is 5.69 Å². The lowest BCUT2D eigenvalue weighted by Gasteiger charge is -2.72. The Kier molecular flexibility index (Phi) is 10.1. The highest BCUT2D eigenvalue weighted by molar-refractivity contribution is 5.68. The number of para-hydroxylation sites is 1. The van der Waals surface area contributed by atoms with E-state index in [0.29, 0.717) is 35.8 Å². The summed E-state index contributed by atoms with van der Waals surface area (Å²) in [4.78, 5) is 40.9. The maximum absolute atomic E-state index is 13.8. The molecule has 7 aliphatic rings. The van der Waals surface area contributed by atoms with Gasteiger partial charge in [0.25, 0.3) is 0 Å². The summed E-state index contributed by atoms with van der Waals surface area (Å²) in [6.07, 6.45) is 22.3. The van der Waals surface area contributed by atoms with Gasteiger partial charge < -0.3 is 14.2 Å². The number of amides is 1. The van der Waals surface area contributed by atoms with Gasteiger partial charge in [0.05, 0.1) is 24.3 Å². The number of terminal acetylenes is 1. The molecule has 1 N–H and O–H groups in total. The third kappa shape index (κ3) is 6.05. The maximum atomic E-state index is 13.8. The van der Waals surface area contributed by atoms with Gasteiger partial charge in [-0.25, -0.2) is 28.3 Å². The van der Waals surface area contributed by atoms with E-state index in [0.717, 1.165) is 49.9 Å². The van der Waals surface area contributed by atoms with E-state index in [1.807, 2.05) is 6.07 Å². The van der Waals surface area contributed by atoms with E-state index in [9.17, 15) is 14.4 Å². The minimum Gasteiger partial charge on any atom is -0.445 e. The summed E-state index contributed by atoms with van der Waals surface area (Å²) >= 11 is 0. The number of rotatable bonds is 7. The smallest absolute Gasteiger partial charge is 0.409 e. The van der Waals surface area contributed by atoms with Crippen LogP contribution in [0.4, 0.5) is 4.79 Å². The van der Waals surface area contributed by atoms with Crippen LogP contribution >= 0.6 is 0 Å². The molecule has 10 heteroatoms. The average Bonchev–Trinajstić information content (AvgIpc) is 3.74. The second-order valence-corrected chi connectivity index (χ2v) is 20.7. The molecule has 1 amide bonds. The normalized spacial score (nSPS) is 42.2. The van der Waals surface area contributed by atoms with Crippen molar-refractivity contribution in [1.29, 1.82) is 0 Å². The summed E-state index contributed by atoms with van der Waals surface area (Å²) in [5, 5.41) is 2.90. The molecule has 13 atom stereocenters. The number of hydrogen-bond donors (Lipinski definition) is 1.